The Bertz CT molecular complexity index is 874. The highest BCUT2D eigenvalue weighted by Gasteiger charge is 2.48. The van der Waals surface area contributed by atoms with Crippen molar-refractivity contribution in [1.29, 1.82) is 0 Å². The summed E-state index contributed by atoms with van der Waals surface area (Å²) in [6, 6.07) is 9.34. The average molecular weight is 404 g/mol. The molecule has 0 radical (unpaired) electrons. The third kappa shape index (κ3) is 3.74. The van der Waals surface area contributed by atoms with Crippen LogP contribution in [0.2, 0.25) is 19.6 Å². The molecule has 1 aromatic heterocycles. The molecule has 29 heavy (non-hydrogen) atoms. The Hall–Kier alpha value is -1.41. The summed E-state index contributed by atoms with van der Waals surface area (Å²) in [5.74, 6) is 5.05. The smallest absolute Gasteiger partial charge is 0.0799 e. The van der Waals surface area contributed by atoms with E-state index in [0.29, 0.717) is 0 Å². The summed E-state index contributed by atoms with van der Waals surface area (Å²) in [7, 11) is -1.41. The van der Waals surface area contributed by atoms with E-state index < -0.39 is 8.07 Å². The van der Waals surface area contributed by atoms with Crippen LogP contribution in [-0.2, 0) is 6.42 Å². The fraction of sp³-hybridized carbons (Fsp3) is 0.593. The van der Waals surface area contributed by atoms with Crippen LogP contribution < -0.4 is 5.19 Å². The quantitative estimate of drug-likeness (QED) is 0.529. The summed E-state index contributed by atoms with van der Waals surface area (Å²) in [6.45, 7) is 11.9. The highest BCUT2D eigenvalue weighted by Crippen LogP contribution is 2.57. The first-order chi connectivity index (χ1) is 13.8. The molecule has 1 nitrogen and oxygen atoms in total. The van der Waals surface area contributed by atoms with Gasteiger partial charge in [-0.15, -0.1) is 0 Å². The van der Waals surface area contributed by atoms with Crippen molar-refractivity contribution in [2.75, 3.05) is 0 Å². The molecule has 4 aliphatic rings. The fourth-order valence-electron chi connectivity index (χ4n) is 7.25. The van der Waals surface area contributed by atoms with Crippen LogP contribution in [0, 0.1) is 43.4 Å². The Morgan fingerprint density at radius 3 is 1.97 bits per heavy atom. The van der Waals surface area contributed by atoms with Crippen LogP contribution in [0.25, 0.3) is 11.3 Å². The number of nitrogens with zero attached hydrogens (tertiary/aromatic N) is 1. The van der Waals surface area contributed by atoms with Gasteiger partial charge in [0, 0.05) is 11.8 Å². The van der Waals surface area contributed by atoms with Crippen molar-refractivity contribution in [3.8, 4) is 11.3 Å². The number of aromatic nitrogens is 1. The zero-order chi connectivity index (χ0) is 20.3. The molecule has 0 amide bonds. The first-order valence-corrected chi connectivity index (χ1v) is 15.3. The van der Waals surface area contributed by atoms with Gasteiger partial charge in [-0.1, -0.05) is 36.8 Å². The van der Waals surface area contributed by atoms with Crippen molar-refractivity contribution in [3.63, 3.8) is 0 Å². The molecule has 0 spiro atoms. The number of hydrogen-bond acceptors (Lipinski definition) is 1. The summed E-state index contributed by atoms with van der Waals surface area (Å²) in [4.78, 5) is 4.98. The zero-order valence-electron chi connectivity index (χ0n) is 19.0. The molecule has 6 rings (SSSR count). The molecule has 4 fully saturated rings. The third-order valence-electron chi connectivity index (χ3n) is 8.19. The number of aryl methyl sites for hydroxylation is 2. The van der Waals surface area contributed by atoms with Crippen LogP contribution in [0.3, 0.4) is 0 Å². The zero-order valence-corrected chi connectivity index (χ0v) is 20.0. The standard InChI is InChI=1S/C27H37NSi/c1-17-6-18(2)8-23(7-17)26-15-24(27(16-28-26)29(3,4)5)14-25-21-10-19-9-20(12-21)13-22(25)11-19/h6-8,15-16,19-22,25H,9-14H2,1-5H3. The van der Waals surface area contributed by atoms with Gasteiger partial charge >= 0.3 is 0 Å². The molecule has 1 heterocycles. The molecule has 4 saturated carbocycles. The van der Waals surface area contributed by atoms with Gasteiger partial charge in [0.2, 0.25) is 0 Å². The minimum Gasteiger partial charge on any atom is -0.256 e. The Morgan fingerprint density at radius 2 is 1.41 bits per heavy atom. The maximum atomic E-state index is 4.98. The molecule has 0 N–H and O–H groups in total. The minimum atomic E-state index is -1.41. The number of rotatable bonds is 4. The van der Waals surface area contributed by atoms with E-state index in [2.05, 4.69) is 64.0 Å². The molecule has 1 aromatic carbocycles. The van der Waals surface area contributed by atoms with Gasteiger partial charge in [-0.3, -0.25) is 4.98 Å². The van der Waals surface area contributed by atoms with Crippen LogP contribution in [0.4, 0.5) is 0 Å². The highest BCUT2D eigenvalue weighted by molar-refractivity contribution is 6.89. The lowest BCUT2D eigenvalue weighted by Gasteiger charge is -2.54. The van der Waals surface area contributed by atoms with E-state index in [0.717, 1.165) is 29.6 Å². The molecular weight excluding hydrogens is 366 g/mol. The van der Waals surface area contributed by atoms with Gasteiger partial charge < -0.3 is 0 Å². The van der Waals surface area contributed by atoms with Crippen molar-refractivity contribution in [1.82, 2.24) is 4.98 Å². The second-order valence-corrected chi connectivity index (χ2v) is 16.7. The van der Waals surface area contributed by atoms with Gasteiger partial charge in [0.05, 0.1) is 13.8 Å². The summed E-state index contributed by atoms with van der Waals surface area (Å²) >= 11 is 0. The molecule has 0 unspecified atom stereocenters. The van der Waals surface area contributed by atoms with Gasteiger partial charge in [0.1, 0.15) is 0 Å². The van der Waals surface area contributed by atoms with Crippen molar-refractivity contribution in [2.24, 2.45) is 29.6 Å². The van der Waals surface area contributed by atoms with Gasteiger partial charge in [-0.2, -0.15) is 0 Å². The maximum Gasteiger partial charge on any atom is 0.0799 e. The van der Waals surface area contributed by atoms with Gasteiger partial charge in [0.15, 0.2) is 0 Å². The van der Waals surface area contributed by atoms with Crippen LogP contribution in [0.15, 0.2) is 30.5 Å². The summed E-state index contributed by atoms with van der Waals surface area (Å²) < 4.78 is 0. The van der Waals surface area contributed by atoms with E-state index in [9.17, 15) is 0 Å². The molecule has 4 bridgehead atoms. The Labute approximate surface area is 178 Å². The van der Waals surface area contributed by atoms with Crippen molar-refractivity contribution >= 4 is 13.3 Å². The predicted octanol–water partition coefficient (Wildman–Crippen LogP) is 6.53. The van der Waals surface area contributed by atoms with Crippen LogP contribution >= 0.6 is 0 Å². The second kappa shape index (κ2) is 7.08. The van der Waals surface area contributed by atoms with E-state index in [4.69, 9.17) is 4.98 Å². The molecule has 154 valence electrons. The lowest BCUT2D eigenvalue weighted by atomic mass is 9.51. The van der Waals surface area contributed by atoms with E-state index in [-0.39, 0.29) is 0 Å². The lowest BCUT2D eigenvalue weighted by molar-refractivity contribution is -0.0359. The second-order valence-electron chi connectivity index (χ2n) is 11.7. The van der Waals surface area contributed by atoms with Crippen LogP contribution in [0.1, 0.15) is 48.8 Å². The fourth-order valence-corrected chi connectivity index (χ4v) is 8.84. The average Bonchev–Trinajstić information content (AvgIpc) is 2.62. The first-order valence-electron chi connectivity index (χ1n) is 11.8. The van der Waals surface area contributed by atoms with Crippen molar-refractivity contribution in [3.05, 3.63) is 47.2 Å². The van der Waals surface area contributed by atoms with E-state index in [1.54, 1.807) is 17.2 Å². The Kier molecular flexibility index (Phi) is 4.77. The maximum absolute atomic E-state index is 4.98. The van der Waals surface area contributed by atoms with E-state index in [1.165, 1.54) is 54.5 Å². The Balaban J connectivity index is 1.51. The summed E-state index contributed by atoms with van der Waals surface area (Å²) in [5.41, 5.74) is 6.76. The Morgan fingerprint density at radius 1 is 0.828 bits per heavy atom. The minimum absolute atomic E-state index is 0.924. The van der Waals surface area contributed by atoms with E-state index >= 15 is 0 Å². The topological polar surface area (TPSA) is 12.9 Å². The van der Waals surface area contributed by atoms with Gasteiger partial charge in [0.25, 0.3) is 0 Å². The molecule has 4 aliphatic carbocycles. The first kappa shape index (κ1) is 19.5. The molecular formula is C27H37NSi. The largest absolute Gasteiger partial charge is 0.256 e. The van der Waals surface area contributed by atoms with Crippen LogP contribution in [-0.4, -0.2) is 13.1 Å². The monoisotopic (exact) mass is 403 g/mol. The lowest BCUT2D eigenvalue weighted by Crippen LogP contribution is -2.47. The normalized spacial score (nSPS) is 30.7. The molecule has 0 aliphatic heterocycles. The molecule has 2 aromatic rings. The highest BCUT2D eigenvalue weighted by atomic mass is 28.3. The summed E-state index contributed by atoms with van der Waals surface area (Å²) in [6.07, 6.45) is 11.2. The van der Waals surface area contributed by atoms with Gasteiger partial charge in [-0.05, 0) is 111 Å². The van der Waals surface area contributed by atoms with Crippen molar-refractivity contribution < 1.29 is 0 Å². The molecule has 2 heteroatoms. The molecule has 0 saturated heterocycles. The van der Waals surface area contributed by atoms with Crippen LogP contribution in [0.5, 0.6) is 0 Å². The number of hydrogen-bond donors (Lipinski definition) is 0. The van der Waals surface area contributed by atoms with E-state index in [1.807, 2.05) is 0 Å². The number of pyridine rings is 1. The third-order valence-corrected chi connectivity index (χ3v) is 10.3. The van der Waals surface area contributed by atoms with Gasteiger partial charge in [-0.25, -0.2) is 0 Å². The SMILES string of the molecule is Cc1cc(C)cc(-c2cc(CC3C4CC5CC(C4)CC3C5)c([Si](C)(C)C)cn2)c1. The van der Waals surface area contributed by atoms with Crippen molar-refractivity contribution in [2.45, 2.75) is 72.0 Å². The predicted molar refractivity (Wildman–Crippen MR) is 126 cm³/mol. The summed E-state index contributed by atoms with van der Waals surface area (Å²) in [5, 5.41) is 1.60. The molecule has 0 atom stereocenters. The number of benzene rings is 1.